The first kappa shape index (κ1) is 14.6. The van der Waals surface area contributed by atoms with E-state index in [9.17, 15) is 0 Å². The van der Waals surface area contributed by atoms with Crippen molar-refractivity contribution in [2.45, 2.75) is 77.3 Å². The Bertz CT molecular complexity index is 364. The van der Waals surface area contributed by atoms with Crippen molar-refractivity contribution < 1.29 is 0 Å². The molecule has 1 atom stereocenters. The van der Waals surface area contributed by atoms with E-state index < -0.39 is 0 Å². The number of nitrogens with two attached hydrogens (primary N) is 1. The molecule has 108 valence electrons. The van der Waals surface area contributed by atoms with Crippen molar-refractivity contribution in [3.05, 3.63) is 18.0 Å². The first-order valence-corrected chi connectivity index (χ1v) is 7.94. The Hall–Kier alpha value is -0.830. The third-order valence-electron chi connectivity index (χ3n) is 4.20. The van der Waals surface area contributed by atoms with Crippen LogP contribution in [0.25, 0.3) is 0 Å². The molecule has 1 aromatic rings. The van der Waals surface area contributed by atoms with E-state index in [1.165, 1.54) is 44.2 Å². The van der Waals surface area contributed by atoms with Gasteiger partial charge in [-0.1, -0.05) is 33.1 Å². The van der Waals surface area contributed by atoms with Crippen LogP contribution in [0.4, 0.5) is 0 Å². The average molecular weight is 263 g/mol. The molecule has 2 rings (SSSR count). The van der Waals surface area contributed by atoms with Crippen molar-refractivity contribution in [1.82, 2.24) is 9.78 Å². The molecule has 0 radical (unpaired) electrons. The van der Waals surface area contributed by atoms with E-state index in [0.29, 0.717) is 6.04 Å². The minimum atomic E-state index is 0.261. The van der Waals surface area contributed by atoms with Crippen molar-refractivity contribution in [2.75, 3.05) is 0 Å². The lowest BCUT2D eigenvalue weighted by molar-refractivity contribution is 0.327. The van der Waals surface area contributed by atoms with Crippen LogP contribution in [0.15, 0.2) is 12.3 Å². The zero-order valence-electron chi connectivity index (χ0n) is 12.5. The van der Waals surface area contributed by atoms with Gasteiger partial charge in [-0.15, -0.1) is 0 Å². The van der Waals surface area contributed by atoms with Crippen LogP contribution < -0.4 is 5.73 Å². The maximum Gasteiger partial charge on any atom is 0.0640 e. The number of hydrogen-bond donors (Lipinski definition) is 1. The number of aromatic nitrogens is 2. The van der Waals surface area contributed by atoms with Gasteiger partial charge in [-0.2, -0.15) is 5.10 Å². The predicted molar refractivity (Wildman–Crippen MR) is 80.1 cm³/mol. The second-order valence-corrected chi connectivity index (χ2v) is 6.51. The van der Waals surface area contributed by atoms with Crippen molar-refractivity contribution in [1.29, 1.82) is 0 Å². The van der Waals surface area contributed by atoms with E-state index in [4.69, 9.17) is 10.8 Å². The van der Waals surface area contributed by atoms with Crippen LogP contribution in [-0.4, -0.2) is 15.8 Å². The molecule has 3 nitrogen and oxygen atoms in total. The highest BCUT2D eigenvalue weighted by Gasteiger charge is 2.16. The molecule has 1 fully saturated rings. The number of rotatable bonds is 6. The van der Waals surface area contributed by atoms with E-state index in [2.05, 4.69) is 30.8 Å². The zero-order valence-corrected chi connectivity index (χ0v) is 12.5. The van der Waals surface area contributed by atoms with Crippen LogP contribution in [0.5, 0.6) is 0 Å². The summed E-state index contributed by atoms with van der Waals surface area (Å²) in [6.45, 7) is 4.51. The number of nitrogens with zero attached hydrogens (tertiary/aromatic N) is 2. The molecular formula is C16H29N3. The second-order valence-electron chi connectivity index (χ2n) is 6.51. The van der Waals surface area contributed by atoms with Crippen LogP contribution in [0, 0.1) is 5.92 Å². The maximum atomic E-state index is 6.19. The molecule has 1 unspecified atom stereocenters. The van der Waals surface area contributed by atoms with Crippen molar-refractivity contribution in [2.24, 2.45) is 11.7 Å². The first-order valence-electron chi connectivity index (χ1n) is 7.94. The molecule has 3 heteroatoms. The van der Waals surface area contributed by atoms with Gasteiger partial charge in [0.15, 0.2) is 0 Å². The smallest absolute Gasteiger partial charge is 0.0640 e. The van der Waals surface area contributed by atoms with Gasteiger partial charge in [0.05, 0.1) is 11.7 Å². The molecule has 19 heavy (non-hydrogen) atoms. The summed E-state index contributed by atoms with van der Waals surface area (Å²) in [6.07, 6.45) is 12.1. The zero-order chi connectivity index (χ0) is 13.7. The lowest BCUT2D eigenvalue weighted by Gasteiger charge is -2.21. The Morgan fingerprint density at radius 2 is 2.00 bits per heavy atom. The molecule has 1 aromatic heterocycles. The van der Waals surface area contributed by atoms with Crippen LogP contribution in [0.2, 0.25) is 0 Å². The van der Waals surface area contributed by atoms with E-state index in [1.54, 1.807) is 0 Å². The molecule has 1 aliphatic carbocycles. The Kier molecular flexibility index (Phi) is 5.44. The van der Waals surface area contributed by atoms with Gasteiger partial charge < -0.3 is 5.73 Å². The standard InChI is InChI=1S/C16H29N3/c1-13(2)8-9-14(17)12-15-10-11-19(18-15)16-6-4-3-5-7-16/h10-11,13-14,16H,3-9,12,17H2,1-2H3. The monoisotopic (exact) mass is 263 g/mol. The van der Waals surface area contributed by atoms with Gasteiger partial charge in [0.1, 0.15) is 0 Å². The van der Waals surface area contributed by atoms with Gasteiger partial charge in [0.2, 0.25) is 0 Å². The lowest BCUT2D eigenvalue weighted by Crippen LogP contribution is -2.23. The normalized spacial score (nSPS) is 18.9. The molecule has 1 heterocycles. The first-order chi connectivity index (χ1) is 9.15. The highest BCUT2D eigenvalue weighted by atomic mass is 15.3. The van der Waals surface area contributed by atoms with Crippen molar-refractivity contribution in [3.63, 3.8) is 0 Å². The summed E-state index contributed by atoms with van der Waals surface area (Å²) < 4.78 is 2.18. The van der Waals surface area contributed by atoms with E-state index in [1.807, 2.05) is 0 Å². The minimum absolute atomic E-state index is 0.261. The number of hydrogen-bond acceptors (Lipinski definition) is 2. The molecular weight excluding hydrogens is 234 g/mol. The van der Waals surface area contributed by atoms with Crippen LogP contribution in [-0.2, 0) is 6.42 Å². The molecule has 1 aliphatic rings. The summed E-state index contributed by atoms with van der Waals surface area (Å²) >= 11 is 0. The highest BCUT2D eigenvalue weighted by molar-refractivity contribution is 5.02. The Labute approximate surface area is 117 Å². The van der Waals surface area contributed by atoms with E-state index in [-0.39, 0.29) is 6.04 Å². The van der Waals surface area contributed by atoms with Gasteiger partial charge in [-0.05, 0) is 37.7 Å². The summed E-state index contributed by atoms with van der Waals surface area (Å²) in [5.74, 6) is 0.742. The summed E-state index contributed by atoms with van der Waals surface area (Å²) in [4.78, 5) is 0. The van der Waals surface area contributed by atoms with Crippen molar-refractivity contribution in [3.8, 4) is 0 Å². The summed E-state index contributed by atoms with van der Waals surface area (Å²) in [7, 11) is 0. The molecule has 0 saturated heterocycles. The van der Waals surface area contributed by atoms with E-state index >= 15 is 0 Å². The lowest BCUT2D eigenvalue weighted by atomic mass is 9.96. The van der Waals surface area contributed by atoms with Crippen molar-refractivity contribution >= 4 is 0 Å². The summed E-state index contributed by atoms with van der Waals surface area (Å²) in [5, 5.41) is 4.74. The van der Waals surface area contributed by atoms with Gasteiger partial charge in [0, 0.05) is 18.7 Å². The SMILES string of the molecule is CC(C)CCC(N)Cc1ccn(C2CCCCC2)n1. The predicted octanol–water partition coefficient (Wildman–Crippen LogP) is 3.69. The van der Waals surface area contributed by atoms with Crippen LogP contribution in [0.3, 0.4) is 0 Å². The third kappa shape index (κ3) is 4.64. The molecule has 1 saturated carbocycles. The van der Waals surface area contributed by atoms with Crippen LogP contribution >= 0.6 is 0 Å². The Morgan fingerprint density at radius 3 is 2.68 bits per heavy atom. The molecule has 2 N–H and O–H groups in total. The maximum absolute atomic E-state index is 6.19. The fourth-order valence-electron chi connectivity index (χ4n) is 2.95. The molecule has 0 aliphatic heterocycles. The van der Waals surface area contributed by atoms with Gasteiger partial charge in [0.25, 0.3) is 0 Å². The molecule has 0 bridgehead atoms. The van der Waals surface area contributed by atoms with Gasteiger partial charge in [-0.25, -0.2) is 0 Å². The minimum Gasteiger partial charge on any atom is -0.327 e. The molecule has 0 amide bonds. The second kappa shape index (κ2) is 7.09. The Balaban J connectivity index is 1.82. The third-order valence-corrected chi connectivity index (χ3v) is 4.20. The van der Waals surface area contributed by atoms with Crippen LogP contribution in [0.1, 0.15) is 70.5 Å². The molecule has 0 aromatic carbocycles. The fourth-order valence-corrected chi connectivity index (χ4v) is 2.95. The Morgan fingerprint density at radius 1 is 1.26 bits per heavy atom. The topological polar surface area (TPSA) is 43.8 Å². The summed E-state index contributed by atoms with van der Waals surface area (Å²) in [6, 6.07) is 3.05. The quantitative estimate of drug-likeness (QED) is 0.850. The summed E-state index contributed by atoms with van der Waals surface area (Å²) in [5.41, 5.74) is 7.36. The fraction of sp³-hybridized carbons (Fsp3) is 0.812. The largest absolute Gasteiger partial charge is 0.327 e. The average Bonchev–Trinajstić information content (AvgIpc) is 2.86. The molecule has 0 spiro atoms. The van der Waals surface area contributed by atoms with E-state index in [0.717, 1.165) is 18.8 Å². The van der Waals surface area contributed by atoms with Gasteiger partial charge >= 0.3 is 0 Å². The van der Waals surface area contributed by atoms with Gasteiger partial charge in [-0.3, -0.25) is 4.68 Å². The highest BCUT2D eigenvalue weighted by Crippen LogP contribution is 2.27.